The van der Waals surface area contributed by atoms with E-state index in [0.717, 1.165) is 17.1 Å². The molecule has 0 saturated heterocycles. The van der Waals surface area contributed by atoms with Crippen LogP contribution in [0, 0.1) is 0 Å². The fraction of sp³-hybridized carbons (Fsp3) is 0.312. The molecule has 2 rings (SSSR count). The molecule has 0 fully saturated rings. The quantitative estimate of drug-likeness (QED) is 0.465. The monoisotopic (exact) mass is 353 g/mol. The Morgan fingerprint density at radius 1 is 1.35 bits per heavy atom. The lowest BCUT2D eigenvalue weighted by molar-refractivity contribution is 0.263. The number of nitrogens with two attached hydrogens (primary N) is 1. The molecule has 3 N–H and O–H groups in total. The molecule has 0 saturated carbocycles. The highest BCUT2D eigenvalue weighted by Crippen LogP contribution is 2.27. The second kappa shape index (κ2) is 7.57. The summed E-state index contributed by atoms with van der Waals surface area (Å²) in [5.74, 6) is 1.60. The molecule has 0 radical (unpaired) electrons. The third kappa shape index (κ3) is 4.30. The maximum atomic E-state index is 6.59. The average Bonchev–Trinajstić information content (AvgIpc) is 2.52. The fourth-order valence-corrected chi connectivity index (χ4v) is 2.91. The fourth-order valence-electron chi connectivity index (χ4n) is 2.38. The summed E-state index contributed by atoms with van der Waals surface area (Å²) >= 11 is 11.5. The Kier molecular flexibility index (Phi) is 5.74. The van der Waals surface area contributed by atoms with E-state index in [1.54, 1.807) is 20.3 Å². The van der Waals surface area contributed by atoms with Gasteiger partial charge in [-0.2, -0.15) is 0 Å². The lowest BCUT2D eigenvalue weighted by Crippen LogP contribution is -2.56. The summed E-state index contributed by atoms with van der Waals surface area (Å²) in [5.41, 5.74) is 6.61. The van der Waals surface area contributed by atoms with Crippen molar-refractivity contribution >= 4 is 28.9 Å². The van der Waals surface area contributed by atoms with E-state index in [0.29, 0.717) is 13.0 Å². The maximum Gasteiger partial charge on any atom is 0.210 e. The van der Waals surface area contributed by atoms with E-state index in [1.807, 2.05) is 41.5 Å². The highest BCUT2D eigenvalue weighted by Gasteiger charge is 2.31. The van der Waals surface area contributed by atoms with Crippen LogP contribution in [0.25, 0.3) is 0 Å². The number of nitrogens with zero attached hydrogens (tertiary/aromatic N) is 1. The summed E-state index contributed by atoms with van der Waals surface area (Å²) in [7, 11) is 3.29. The zero-order valence-electron chi connectivity index (χ0n) is 13.1. The highest BCUT2D eigenvalue weighted by molar-refractivity contribution is 7.80. The zero-order chi connectivity index (χ0) is 16.9. The first kappa shape index (κ1) is 17.4. The minimum Gasteiger partial charge on any atom is -0.497 e. The van der Waals surface area contributed by atoms with Crippen LogP contribution < -0.4 is 20.5 Å². The van der Waals surface area contributed by atoms with E-state index in [-0.39, 0.29) is 5.11 Å². The predicted molar refractivity (Wildman–Crippen MR) is 96.7 cm³/mol. The first-order valence-electron chi connectivity index (χ1n) is 7.08. The maximum absolute atomic E-state index is 6.59. The Morgan fingerprint density at radius 3 is 2.78 bits per heavy atom. The Labute approximate surface area is 146 Å². The van der Waals surface area contributed by atoms with Gasteiger partial charge in [-0.05, 0) is 54.6 Å². The average molecular weight is 354 g/mol. The van der Waals surface area contributed by atoms with Gasteiger partial charge in [0.2, 0.25) is 5.12 Å². The van der Waals surface area contributed by atoms with Crippen LogP contribution in [0.1, 0.15) is 5.56 Å². The van der Waals surface area contributed by atoms with Gasteiger partial charge in [0.15, 0.2) is 5.11 Å². The number of rotatable bonds is 6. The van der Waals surface area contributed by atoms with Crippen LogP contribution in [-0.4, -0.2) is 35.9 Å². The van der Waals surface area contributed by atoms with Gasteiger partial charge >= 0.3 is 0 Å². The van der Waals surface area contributed by atoms with E-state index >= 15 is 0 Å². The number of halogens is 1. The third-order valence-electron chi connectivity index (χ3n) is 3.52. The second-order valence-corrected chi connectivity index (χ2v) is 6.00. The molecule has 0 aromatic heterocycles. The van der Waals surface area contributed by atoms with Gasteiger partial charge in [0, 0.05) is 12.7 Å². The van der Waals surface area contributed by atoms with Crippen molar-refractivity contribution in [3.05, 3.63) is 48.2 Å². The Bertz CT molecular complexity index is 636. The number of benzene rings is 1. The largest absolute Gasteiger partial charge is 0.497 e. The number of nitrogens with one attached hydrogen (secondary N) is 1. The highest BCUT2D eigenvalue weighted by atomic mass is 35.5. The summed E-state index contributed by atoms with van der Waals surface area (Å²) in [6.45, 7) is 0.642. The standard InChI is InChI=1S/C16H20ClN3O2S/c1-21-13-5-6-14(22-2)12(11-13)7-10-20-9-4-3-8-16(20,17)19-15(18)23/h3-6,8-9,11H,7,10H2,1-2H3,(H3,18,19,23). The molecular weight excluding hydrogens is 334 g/mol. The number of alkyl halides is 1. The van der Waals surface area contributed by atoms with Gasteiger partial charge in [-0.1, -0.05) is 17.7 Å². The van der Waals surface area contributed by atoms with Gasteiger partial charge in [0.25, 0.3) is 0 Å². The van der Waals surface area contributed by atoms with Gasteiger partial charge in [-0.3, -0.25) is 0 Å². The lowest BCUT2D eigenvalue weighted by atomic mass is 10.1. The molecule has 1 unspecified atom stereocenters. The van der Waals surface area contributed by atoms with Crippen molar-refractivity contribution in [3.63, 3.8) is 0 Å². The van der Waals surface area contributed by atoms with E-state index in [1.165, 1.54) is 0 Å². The van der Waals surface area contributed by atoms with Crippen molar-refractivity contribution in [3.8, 4) is 11.5 Å². The molecule has 5 nitrogen and oxygen atoms in total. The molecule has 1 heterocycles. The number of allylic oxidation sites excluding steroid dienone is 2. The van der Waals surface area contributed by atoms with Crippen molar-refractivity contribution in [2.45, 2.75) is 11.5 Å². The van der Waals surface area contributed by atoms with Gasteiger partial charge in [-0.25, -0.2) is 0 Å². The minimum absolute atomic E-state index is 0.143. The lowest BCUT2D eigenvalue weighted by Gasteiger charge is -2.38. The van der Waals surface area contributed by atoms with Gasteiger partial charge < -0.3 is 25.4 Å². The van der Waals surface area contributed by atoms with Gasteiger partial charge in [-0.15, -0.1) is 0 Å². The van der Waals surface area contributed by atoms with E-state index in [9.17, 15) is 0 Å². The summed E-state index contributed by atoms with van der Waals surface area (Å²) in [5, 5.41) is 2.08. The molecular formula is C16H20ClN3O2S. The molecule has 124 valence electrons. The van der Waals surface area contributed by atoms with E-state index < -0.39 is 5.12 Å². The SMILES string of the molecule is COc1ccc(OC)c(CCN2C=CC=CC2(Cl)NC(N)=S)c1. The number of methoxy groups -OCH3 is 2. The molecule has 0 spiro atoms. The molecule has 7 heteroatoms. The number of hydrogen-bond acceptors (Lipinski definition) is 4. The Hall–Kier alpha value is -1.92. The molecule has 0 amide bonds. The minimum atomic E-state index is -0.966. The van der Waals surface area contributed by atoms with Crippen molar-refractivity contribution < 1.29 is 9.47 Å². The molecule has 1 aliphatic heterocycles. The molecule has 0 aliphatic carbocycles. The second-order valence-electron chi connectivity index (χ2n) is 4.98. The topological polar surface area (TPSA) is 59.8 Å². The number of thiocarbonyl (C=S) groups is 1. The molecule has 1 aliphatic rings. The Morgan fingerprint density at radius 2 is 2.13 bits per heavy atom. The summed E-state index contributed by atoms with van der Waals surface area (Å²) in [4.78, 5) is 1.92. The van der Waals surface area contributed by atoms with Crippen LogP contribution in [0.5, 0.6) is 11.5 Å². The van der Waals surface area contributed by atoms with Crippen molar-refractivity contribution in [2.24, 2.45) is 5.73 Å². The van der Waals surface area contributed by atoms with Crippen molar-refractivity contribution in [2.75, 3.05) is 20.8 Å². The number of hydrogen-bond donors (Lipinski definition) is 2. The number of ether oxygens (including phenoxy) is 2. The van der Waals surface area contributed by atoms with Crippen LogP contribution >= 0.6 is 23.8 Å². The molecule has 0 bridgehead atoms. The Balaban J connectivity index is 2.14. The van der Waals surface area contributed by atoms with Crippen molar-refractivity contribution in [1.82, 2.24) is 10.2 Å². The summed E-state index contributed by atoms with van der Waals surface area (Å²) in [6.07, 6.45) is 8.17. The first-order valence-corrected chi connectivity index (χ1v) is 7.87. The molecule has 1 atom stereocenters. The summed E-state index contributed by atoms with van der Waals surface area (Å²) in [6, 6.07) is 5.71. The predicted octanol–water partition coefficient (Wildman–Crippen LogP) is 2.36. The van der Waals surface area contributed by atoms with Crippen LogP contribution in [0.4, 0.5) is 0 Å². The van der Waals surface area contributed by atoms with Crippen LogP contribution in [0.2, 0.25) is 0 Å². The molecule has 1 aromatic rings. The molecule has 23 heavy (non-hydrogen) atoms. The van der Waals surface area contributed by atoms with E-state index in [2.05, 4.69) is 5.32 Å². The van der Waals surface area contributed by atoms with Crippen LogP contribution in [-0.2, 0) is 6.42 Å². The van der Waals surface area contributed by atoms with Crippen molar-refractivity contribution in [1.29, 1.82) is 0 Å². The molecule has 1 aromatic carbocycles. The van der Waals surface area contributed by atoms with Crippen LogP contribution in [0.3, 0.4) is 0 Å². The normalized spacial score (nSPS) is 19.5. The zero-order valence-corrected chi connectivity index (χ0v) is 14.7. The smallest absolute Gasteiger partial charge is 0.210 e. The first-order chi connectivity index (χ1) is 11.0. The third-order valence-corrected chi connectivity index (χ3v) is 4.06. The van der Waals surface area contributed by atoms with E-state index in [4.69, 9.17) is 39.0 Å². The van der Waals surface area contributed by atoms with Gasteiger partial charge in [0.05, 0.1) is 14.2 Å². The summed E-state index contributed by atoms with van der Waals surface area (Å²) < 4.78 is 10.7. The van der Waals surface area contributed by atoms with Crippen LogP contribution in [0.15, 0.2) is 42.6 Å². The van der Waals surface area contributed by atoms with Gasteiger partial charge in [0.1, 0.15) is 11.5 Å².